The van der Waals surface area contributed by atoms with Gasteiger partial charge in [0.1, 0.15) is 12.0 Å². The number of furan rings is 1. The van der Waals surface area contributed by atoms with Crippen LogP contribution in [-0.4, -0.2) is 21.3 Å². The van der Waals surface area contributed by atoms with Crippen LogP contribution in [0.25, 0.3) is 0 Å². The molecule has 0 saturated heterocycles. The number of carbonyl (C=O) groups is 1. The van der Waals surface area contributed by atoms with Crippen LogP contribution in [0, 0.1) is 13.8 Å². The summed E-state index contributed by atoms with van der Waals surface area (Å²) < 4.78 is 5.13. The summed E-state index contributed by atoms with van der Waals surface area (Å²) in [6.45, 7) is 4.22. The Morgan fingerprint density at radius 3 is 2.88 bits per heavy atom. The van der Waals surface area contributed by atoms with E-state index in [4.69, 9.17) is 9.52 Å². The molecular formula is C11H13N3O3. The topological polar surface area (TPSA) is 91.2 Å². The first-order chi connectivity index (χ1) is 8.08. The lowest BCUT2D eigenvalue weighted by Crippen LogP contribution is -2.00. The van der Waals surface area contributed by atoms with Crippen molar-refractivity contribution in [1.29, 1.82) is 0 Å². The molecule has 3 N–H and O–H groups in total. The van der Waals surface area contributed by atoms with Gasteiger partial charge in [-0.1, -0.05) is 0 Å². The molecule has 6 heteroatoms. The molecule has 0 fully saturated rings. The van der Waals surface area contributed by atoms with Crippen LogP contribution in [0.15, 0.2) is 16.7 Å². The third-order valence-corrected chi connectivity index (χ3v) is 2.47. The van der Waals surface area contributed by atoms with Crippen molar-refractivity contribution in [3.05, 3.63) is 35.0 Å². The first-order valence-corrected chi connectivity index (χ1v) is 5.14. The zero-order valence-corrected chi connectivity index (χ0v) is 9.57. The van der Waals surface area contributed by atoms with Gasteiger partial charge in [-0.2, -0.15) is 5.10 Å². The van der Waals surface area contributed by atoms with Crippen LogP contribution in [-0.2, 0) is 6.54 Å². The van der Waals surface area contributed by atoms with Crippen LogP contribution in [0.5, 0.6) is 0 Å². The van der Waals surface area contributed by atoms with E-state index in [1.54, 1.807) is 0 Å². The number of hydrogen-bond donors (Lipinski definition) is 3. The predicted molar refractivity (Wildman–Crippen MR) is 61.1 cm³/mol. The summed E-state index contributed by atoms with van der Waals surface area (Å²) in [5.74, 6) is -0.418. The van der Waals surface area contributed by atoms with Crippen molar-refractivity contribution in [3.8, 4) is 0 Å². The van der Waals surface area contributed by atoms with Gasteiger partial charge >= 0.3 is 5.97 Å². The monoisotopic (exact) mass is 235 g/mol. The van der Waals surface area contributed by atoms with Gasteiger partial charge in [-0.3, -0.25) is 5.10 Å². The Kier molecular flexibility index (Phi) is 2.86. The Balaban J connectivity index is 2.05. The molecule has 0 bridgehead atoms. The van der Waals surface area contributed by atoms with E-state index in [-0.39, 0.29) is 5.56 Å². The number of carboxylic acid groups (broad SMARTS) is 1. The van der Waals surface area contributed by atoms with Crippen molar-refractivity contribution in [2.24, 2.45) is 0 Å². The standard InChI is InChI=1S/C11H13N3O3/c1-6-10(7(2)14-13-6)12-4-9-3-8(5-17-9)11(15)16/h3,5,12H,4H2,1-2H3,(H,13,14)(H,15,16). The number of aryl methyl sites for hydroxylation is 2. The smallest absolute Gasteiger partial charge is 0.338 e. The molecule has 2 rings (SSSR count). The number of aromatic amines is 1. The first kappa shape index (κ1) is 11.3. The van der Waals surface area contributed by atoms with Crippen LogP contribution >= 0.6 is 0 Å². The number of aromatic carboxylic acids is 1. The maximum Gasteiger partial charge on any atom is 0.338 e. The summed E-state index contributed by atoms with van der Waals surface area (Å²) in [6.07, 6.45) is 1.23. The van der Waals surface area contributed by atoms with Crippen molar-refractivity contribution < 1.29 is 14.3 Å². The average molecular weight is 235 g/mol. The Labute approximate surface area is 97.6 Å². The SMILES string of the molecule is Cc1n[nH]c(C)c1NCc1cc(C(=O)O)co1. The third kappa shape index (κ3) is 2.30. The van der Waals surface area contributed by atoms with E-state index in [0.717, 1.165) is 17.1 Å². The lowest BCUT2D eigenvalue weighted by Gasteiger charge is -2.03. The van der Waals surface area contributed by atoms with E-state index in [9.17, 15) is 4.79 Å². The Bertz CT molecular complexity index is 522. The van der Waals surface area contributed by atoms with Gasteiger partial charge in [0.05, 0.1) is 29.2 Å². The van der Waals surface area contributed by atoms with Gasteiger partial charge in [0.25, 0.3) is 0 Å². The number of nitrogens with zero attached hydrogens (tertiary/aromatic N) is 1. The number of carboxylic acids is 1. The number of hydrogen-bond acceptors (Lipinski definition) is 4. The van der Waals surface area contributed by atoms with Gasteiger partial charge in [-0.05, 0) is 19.9 Å². The molecule has 90 valence electrons. The summed E-state index contributed by atoms with van der Waals surface area (Å²) in [4.78, 5) is 10.7. The second-order valence-electron chi connectivity index (χ2n) is 3.77. The minimum absolute atomic E-state index is 0.155. The van der Waals surface area contributed by atoms with Crippen molar-refractivity contribution >= 4 is 11.7 Å². The van der Waals surface area contributed by atoms with Crippen molar-refractivity contribution in [2.75, 3.05) is 5.32 Å². The molecule has 0 aliphatic heterocycles. The van der Waals surface area contributed by atoms with E-state index in [2.05, 4.69) is 15.5 Å². The predicted octanol–water partition coefficient (Wildman–Crippen LogP) is 1.93. The maximum absolute atomic E-state index is 10.7. The molecule has 0 spiro atoms. The molecule has 0 radical (unpaired) electrons. The van der Waals surface area contributed by atoms with Crippen molar-refractivity contribution in [2.45, 2.75) is 20.4 Å². The second-order valence-corrected chi connectivity index (χ2v) is 3.77. The molecular weight excluding hydrogens is 222 g/mol. The fraction of sp³-hybridized carbons (Fsp3) is 0.273. The highest BCUT2D eigenvalue weighted by atomic mass is 16.4. The lowest BCUT2D eigenvalue weighted by atomic mass is 10.3. The largest absolute Gasteiger partial charge is 0.478 e. The van der Waals surface area contributed by atoms with Gasteiger partial charge in [0, 0.05) is 0 Å². The maximum atomic E-state index is 10.7. The molecule has 0 amide bonds. The van der Waals surface area contributed by atoms with Crippen LogP contribution in [0.1, 0.15) is 27.5 Å². The van der Waals surface area contributed by atoms with Gasteiger partial charge in [-0.25, -0.2) is 4.79 Å². The fourth-order valence-corrected chi connectivity index (χ4v) is 1.57. The number of nitrogens with one attached hydrogen (secondary N) is 2. The Hall–Kier alpha value is -2.24. The fourth-order valence-electron chi connectivity index (χ4n) is 1.57. The zero-order valence-electron chi connectivity index (χ0n) is 9.57. The molecule has 2 aromatic rings. The highest BCUT2D eigenvalue weighted by Gasteiger charge is 2.10. The normalized spacial score (nSPS) is 10.5. The molecule has 0 aliphatic carbocycles. The minimum Gasteiger partial charge on any atom is -0.478 e. The van der Waals surface area contributed by atoms with E-state index in [1.807, 2.05) is 13.8 Å². The quantitative estimate of drug-likeness (QED) is 0.753. The van der Waals surface area contributed by atoms with Gasteiger partial charge < -0.3 is 14.8 Å². The van der Waals surface area contributed by atoms with Gasteiger partial charge in [-0.15, -0.1) is 0 Å². The van der Waals surface area contributed by atoms with Crippen LogP contribution in [0.4, 0.5) is 5.69 Å². The summed E-state index contributed by atoms with van der Waals surface area (Å²) in [7, 11) is 0. The zero-order chi connectivity index (χ0) is 12.4. The van der Waals surface area contributed by atoms with E-state index in [0.29, 0.717) is 12.3 Å². The summed E-state index contributed by atoms with van der Waals surface area (Å²) in [5.41, 5.74) is 2.88. The Morgan fingerprint density at radius 2 is 2.35 bits per heavy atom. The molecule has 6 nitrogen and oxygen atoms in total. The summed E-state index contributed by atoms with van der Waals surface area (Å²) in [6, 6.07) is 1.50. The highest BCUT2D eigenvalue weighted by Crippen LogP contribution is 2.17. The van der Waals surface area contributed by atoms with Crippen LogP contribution in [0.2, 0.25) is 0 Å². The van der Waals surface area contributed by atoms with Crippen molar-refractivity contribution in [3.63, 3.8) is 0 Å². The number of anilines is 1. The Morgan fingerprint density at radius 1 is 1.59 bits per heavy atom. The van der Waals surface area contributed by atoms with Gasteiger partial charge in [0.2, 0.25) is 0 Å². The first-order valence-electron chi connectivity index (χ1n) is 5.14. The molecule has 2 heterocycles. The van der Waals surface area contributed by atoms with Crippen molar-refractivity contribution in [1.82, 2.24) is 10.2 Å². The average Bonchev–Trinajstić information content (AvgIpc) is 2.85. The molecule has 17 heavy (non-hydrogen) atoms. The van der Waals surface area contributed by atoms with Crippen LogP contribution in [0.3, 0.4) is 0 Å². The molecule has 0 unspecified atom stereocenters. The molecule has 0 saturated carbocycles. The van der Waals surface area contributed by atoms with E-state index in [1.165, 1.54) is 12.3 Å². The van der Waals surface area contributed by atoms with E-state index >= 15 is 0 Å². The van der Waals surface area contributed by atoms with Gasteiger partial charge in [0.15, 0.2) is 0 Å². The molecule has 2 aromatic heterocycles. The molecule has 0 atom stereocenters. The highest BCUT2D eigenvalue weighted by molar-refractivity contribution is 5.87. The van der Waals surface area contributed by atoms with E-state index < -0.39 is 5.97 Å². The minimum atomic E-state index is -0.990. The summed E-state index contributed by atoms with van der Waals surface area (Å²) >= 11 is 0. The lowest BCUT2D eigenvalue weighted by molar-refractivity contribution is 0.0696. The molecule has 0 aromatic carbocycles. The van der Waals surface area contributed by atoms with Crippen LogP contribution < -0.4 is 5.32 Å². The number of rotatable bonds is 4. The second kappa shape index (κ2) is 4.32. The number of H-pyrrole nitrogens is 1. The summed E-state index contributed by atoms with van der Waals surface area (Å²) in [5, 5.41) is 18.8. The third-order valence-electron chi connectivity index (χ3n) is 2.47. The molecule has 0 aliphatic rings. The number of aromatic nitrogens is 2.